The number of hydrogen-bond donors (Lipinski definition) is 8. The lowest BCUT2D eigenvalue weighted by Gasteiger charge is -2.33. The lowest BCUT2D eigenvalue weighted by molar-refractivity contribution is -0.145. The maximum atomic E-state index is 14.0. The van der Waals surface area contributed by atoms with Crippen molar-refractivity contribution in [2.45, 2.75) is 89.0 Å². The monoisotopic (exact) mass is 727 g/mol. The van der Waals surface area contributed by atoms with Gasteiger partial charge in [-0.05, 0) is 50.0 Å². The predicted octanol–water partition coefficient (Wildman–Crippen LogP) is -3.06. The molecule has 1 aromatic rings. The molecule has 2 aliphatic heterocycles. The number of nitrogens with two attached hydrogens (primary N) is 4. The van der Waals surface area contributed by atoms with Crippen molar-refractivity contribution in [1.29, 1.82) is 0 Å². The summed E-state index contributed by atoms with van der Waals surface area (Å²) in [6.45, 7) is 3.53. The lowest BCUT2D eigenvalue weighted by atomic mass is 10.0. The minimum Gasteiger partial charge on any atom is -0.370 e. The molecule has 2 aliphatic rings. The molecule has 52 heavy (non-hydrogen) atoms. The second-order valence-electron chi connectivity index (χ2n) is 13.3. The van der Waals surface area contributed by atoms with E-state index in [4.69, 9.17) is 22.9 Å². The molecule has 0 bridgehead atoms. The Labute approximate surface area is 303 Å². The Kier molecular flexibility index (Phi) is 15.8. The number of rotatable bonds is 18. The molecule has 0 aliphatic carbocycles. The summed E-state index contributed by atoms with van der Waals surface area (Å²) in [4.78, 5) is 98.4. The molecule has 0 saturated carbocycles. The molecule has 2 fully saturated rings. The van der Waals surface area contributed by atoms with Crippen LogP contribution in [0.2, 0.25) is 0 Å². The first-order valence-corrected chi connectivity index (χ1v) is 17.6. The normalized spacial score (nSPS) is 18.5. The molecular weight excluding hydrogens is 674 g/mol. The number of carbonyl (C=O) groups is 7. The molecular formula is C34H53N11O7. The quantitative estimate of drug-likeness (QED) is 0.0429. The van der Waals surface area contributed by atoms with Crippen molar-refractivity contribution in [2.75, 3.05) is 32.7 Å². The van der Waals surface area contributed by atoms with Gasteiger partial charge in [-0.2, -0.15) is 0 Å². The van der Waals surface area contributed by atoms with Crippen LogP contribution < -0.4 is 44.2 Å². The van der Waals surface area contributed by atoms with Crippen LogP contribution in [0.15, 0.2) is 35.3 Å². The van der Waals surface area contributed by atoms with E-state index in [1.54, 1.807) is 13.8 Å². The van der Waals surface area contributed by atoms with Crippen molar-refractivity contribution in [2.24, 2.45) is 33.8 Å². The first kappa shape index (κ1) is 41.2. The van der Waals surface area contributed by atoms with Gasteiger partial charge in [-0.15, -0.1) is 0 Å². The third-order valence-electron chi connectivity index (χ3n) is 9.02. The van der Waals surface area contributed by atoms with Gasteiger partial charge in [0.25, 0.3) is 0 Å². The first-order chi connectivity index (χ1) is 24.7. The molecule has 18 heteroatoms. The molecule has 1 aromatic carbocycles. The molecule has 0 aromatic heterocycles. The van der Waals surface area contributed by atoms with E-state index >= 15 is 0 Å². The van der Waals surface area contributed by atoms with Gasteiger partial charge in [-0.25, -0.2) is 0 Å². The highest BCUT2D eigenvalue weighted by molar-refractivity contribution is 5.97. The van der Waals surface area contributed by atoms with Gasteiger partial charge < -0.3 is 54.0 Å². The fourth-order valence-corrected chi connectivity index (χ4v) is 6.39. The van der Waals surface area contributed by atoms with Crippen LogP contribution in [-0.4, -0.2) is 120 Å². The van der Waals surface area contributed by atoms with Crippen molar-refractivity contribution >= 4 is 47.3 Å². The van der Waals surface area contributed by atoms with E-state index in [0.29, 0.717) is 32.1 Å². The standard InChI is InChI=1S/C34H53N11O7/c1-20(2)28(43-29(48)22(41-27(47)18-35)11-6-14-39-34(37)38)33(52)45-16-8-13-25(45)31(50)42-23(17-21-9-4-3-5-10-21)32(51)44-15-7-12-24(44)30(49)40-19-26(36)46/h3-5,9-10,20,22-25,28H,6-8,11-19,35H2,1-2H3,(H2,36,46)(H,40,49)(H,41,47)(H,42,50)(H,43,48)(H4,37,38,39)/t22-,23-,24-,25-,28-/m0/s1. The number of guanidine groups is 1. The van der Waals surface area contributed by atoms with E-state index in [2.05, 4.69) is 26.3 Å². The largest absolute Gasteiger partial charge is 0.370 e. The zero-order valence-corrected chi connectivity index (χ0v) is 29.8. The zero-order chi connectivity index (χ0) is 38.4. The number of primary amides is 1. The van der Waals surface area contributed by atoms with Gasteiger partial charge >= 0.3 is 0 Å². The molecule has 5 atom stereocenters. The Balaban J connectivity index is 1.78. The minimum atomic E-state index is -1.07. The summed E-state index contributed by atoms with van der Waals surface area (Å²) >= 11 is 0. The molecule has 286 valence electrons. The summed E-state index contributed by atoms with van der Waals surface area (Å²) in [5.74, 6) is -4.39. The zero-order valence-electron chi connectivity index (χ0n) is 29.8. The summed E-state index contributed by atoms with van der Waals surface area (Å²) < 4.78 is 0. The molecule has 2 heterocycles. The highest BCUT2D eigenvalue weighted by Gasteiger charge is 2.42. The Morgan fingerprint density at radius 1 is 0.827 bits per heavy atom. The number of benzene rings is 1. The molecule has 18 nitrogen and oxygen atoms in total. The first-order valence-electron chi connectivity index (χ1n) is 17.6. The van der Waals surface area contributed by atoms with E-state index in [1.807, 2.05) is 30.3 Å². The van der Waals surface area contributed by atoms with Crippen LogP contribution >= 0.6 is 0 Å². The third-order valence-corrected chi connectivity index (χ3v) is 9.02. The fraction of sp³-hybridized carbons (Fsp3) is 0.588. The van der Waals surface area contributed by atoms with Crippen molar-refractivity contribution in [3.05, 3.63) is 35.9 Å². The summed E-state index contributed by atoms with van der Waals surface area (Å²) in [5, 5.41) is 10.7. The molecule has 0 radical (unpaired) electrons. The number of likely N-dealkylation sites (tertiary alicyclic amines) is 2. The van der Waals surface area contributed by atoms with Gasteiger partial charge in [0.1, 0.15) is 30.2 Å². The summed E-state index contributed by atoms with van der Waals surface area (Å²) in [7, 11) is 0. The Hall–Kier alpha value is -5.26. The van der Waals surface area contributed by atoms with Crippen molar-refractivity contribution in [3.63, 3.8) is 0 Å². The molecule has 7 amide bonds. The number of carbonyl (C=O) groups excluding carboxylic acids is 7. The maximum absolute atomic E-state index is 14.0. The van der Waals surface area contributed by atoms with Crippen LogP contribution in [0.4, 0.5) is 0 Å². The van der Waals surface area contributed by atoms with Gasteiger partial charge in [0.15, 0.2) is 5.96 Å². The summed E-state index contributed by atoms with van der Waals surface area (Å²) in [5.41, 5.74) is 22.2. The maximum Gasteiger partial charge on any atom is 0.246 e. The SMILES string of the molecule is CC(C)[C@H](NC(=O)[C@H](CCCN=C(N)N)NC(=O)CN)C(=O)N1CCC[C@H]1C(=O)N[C@@H](Cc1ccccc1)C(=O)N1CCC[C@H]1C(=O)NCC(N)=O. The predicted molar refractivity (Wildman–Crippen MR) is 191 cm³/mol. The van der Waals surface area contributed by atoms with Crippen LogP contribution in [0.25, 0.3) is 0 Å². The van der Waals surface area contributed by atoms with E-state index in [1.165, 1.54) is 9.80 Å². The molecule has 3 rings (SSSR count). The Morgan fingerprint density at radius 2 is 1.44 bits per heavy atom. The van der Waals surface area contributed by atoms with Crippen LogP contribution in [0.5, 0.6) is 0 Å². The van der Waals surface area contributed by atoms with Crippen molar-refractivity contribution < 1.29 is 33.6 Å². The Morgan fingerprint density at radius 3 is 2.02 bits per heavy atom. The smallest absolute Gasteiger partial charge is 0.246 e. The lowest BCUT2D eigenvalue weighted by Crippen LogP contribution is -2.60. The molecule has 0 spiro atoms. The molecule has 0 unspecified atom stereocenters. The van der Waals surface area contributed by atoms with Crippen LogP contribution in [0, 0.1) is 5.92 Å². The number of nitrogens with one attached hydrogen (secondary N) is 4. The van der Waals surface area contributed by atoms with Crippen molar-refractivity contribution in [3.8, 4) is 0 Å². The second kappa shape index (κ2) is 20.0. The van der Waals surface area contributed by atoms with E-state index in [0.717, 1.165) is 5.56 Å². The summed E-state index contributed by atoms with van der Waals surface area (Å²) in [6.07, 6.45) is 2.41. The van der Waals surface area contributed by atoms with Gasteiger partial charge in [-0.3, -0.25) is 38.6 Å². The van der Waals surface area contributed by atoms with Gasteiger partial charge in [-0.1, -0.05) is 44.2 Å². The van der Waals surface area contributed by atoms with Gasteiger partial charge in [0, 0.05) is 26.1 Å². The molecule has 2 saturated heterocycles. The van der Waals surface area contributed by atoms with Gasteiger partial charge in [0.05, 0.1) is 13.1 Å². The number of aliphatic imine (C=N–C) groups is 1. The fourth-order valence-electron chi connectivity index (χ4n) is 6.39. The number of nitrogens with zero attached hydrogens (tertiary/aromatic N) is 3. The van der Waals surface area contributed by atoms with E-state index < -0.39 is 77.5 Å². The average Bonchev–Trinajstić information content (AvgIpc) is 3.81. The number of hydrogen-bond acceptors (Lipinski definition) is 9. The number of amides is 7. The minimum absolute atomic E-state index is 0.109. The topological polar surface area (TPSA) is 291 Å². The second-order valence-corrected chi connectivity index (χ2v) is 13.3. The van der Waals surface area contributed by atoms with Crippen LogP contribution in [-0.2, 0) is 40.0 Å². The van der Waals surface area contributed by atoms with Crippen LogP contribution in [0.1, 0.15) is 57.9 Å². The van der Waals surface area contributed by atoms with E-state index in [-0.39, 0.29) is 51.5 Å². The Bertz CT molecular complexity index is 1470. The average molecular weight is 728 g/mol. The highest BCUT2D eigenvalue weighted by atomic mass is 16.2. The highest BCUT2D eigenvalue weighted by Crippen LogP contribution is 2.23. The molecule has 12 N–H and O–H groups in total. The van der Waals surface area contributed by atoms with Crippen LogP contribution in [0.3, 0.4) is 0 Å². The summed E-state index contributed by atoms with van der Waals surface area (Å²) in [6, 6.07) is 4.18. The van der Waals surface area contributed by atoms with Gasteiger partial charge in [0.2, 0.25) is 41.4 Å². The third kappa shape index (κ3) is 11.9. The van der Waals surface area contributed by atoms with Crippen molar-refractivity contribution in [1.82, 2.24) is 31.1 Å². The van der Waals surface area contributed by atoms with E-state index in [9.17, 15) is 33.6 Å².